The van der Waals surface area contributed by atoms with Crippen molar-refractivity contribution < 1.29 is 22.4 Å². The highest BCUT2D eigenvalue weighted by atomic mass is 35.5. The lowest BCUT2D eigenvalue weighted by molar-refractivity contribution is -0.116. The number of aliphatic imine (C=N–C) groups is 1. The van der Waals surface area contributed by atoms with E-state index in [1.165, 1.54) is 17.6 Å². The number of halogens is 4. The zero-order valence-electron chi connectivity index (χ0n) is 17.3. The molecule has 2 aromatic carbocycles. The Morgan fingerprint density at radius 3 is 2.63 bits per heavy atom. The van der Waals surface area contributed by atoms with E-state index in [2.05, 4.69) is 36.1 Å². The van der Waals surface area contributed by atoms with E-state index in [-0.39, 0.29) is 27.7 Å². The number of guanidine groups is 1. The molecule has 2 aromatic heterocycles. The summed E-state index contributed by atoms with van der Waals surface area (Å²) < 4.78 is 48.2. The molecule has 0 bridgehead atoms. The van der Waals surface area contributed by atoms with E-state index in [0.29, 0.717) is 11.1 Å². The van der Waals surface area contributed by atoms with Crippen LogP contribution in [0.25, 0.3) is 11.1 Å². The van der Waals surface area contributed by atoms with Crippen molar-refractivity contribution >= 4 is 57.1 Å². The number of nitrogens with one attached hydrogen (secondary N) is 3. The number of aromatic nitrogens is 3. The number of rotatable bonds is 4. The first-order valence-corrected chi connectivity index (χ1v) is 11.2. The van der Waals surface area contributed by atoms with Crippen LogP contribution < -0.4 is 16.0 Å². The zero-order chi connectivity index (χ0) is 24.6. The largest absolute Gasteiger partial charge is 0.431 e. The fraction of sp³-hybridized carbons (Fsp3) is 0.0952. The van der Waals surface area contributed by atoms with E-state index in [4.69, 9.17) is 16.0 Å². The highest BCUT2D eigenvalue weighted by Gasteiger charge is 2.45. The van der Waals surface area contributed by atoms with Crippen LogP contribution in [0.5, 0.6) is 0 Å². The highest BCUT2D eigenvalue weighted by Crippen LogP contribution is 2.40. The molecule has 1 unspecified atom stereocenters. The van der Waals surface area contributed by atoms with Crippen LogP contribution in [-0.2, 0) is 4.79 Å². The number of hydrogen-bond donors (Lipinski definition) is 3. The van der Waals surface area contributed by atoms with Gasteiger partial charge in [0.1, 0.15) is 22.8 Å². The Labute approximate surface area is 203 Å². The lowest BCUT2D eigenvalue weighted by Gasteiger charge is -2.28. The van der Waals surface area contributed by atoms with Gasteiger partial charge in [0.25, 0.3) is 5.91 Å². The number of oxazole rings is 1. The minimum Gasteiger partial charge on any atom is -0.423 e. The summed E-state index contributed by atoms with van der Waals surface area (Å²) >= 11 is 7.25. The monoisotopic (exact) mass is 519 g/mol. The molecule has 0 aliphatic carbocycles. The molecular formula is C21H13ClF3N7O2S. The Balaban J connectivity index is 1.59. The molecular weight excluding hydrogens is 507 g/mol. The van der Waals surface area contributed by atoms with Crippen molar-refractivity contribution in [2.24, 2.45) is 4.99 Å². The van der Waals surface area contributed by atoms with Crippen molar-refractivity contribution in [1.29, 1.82) is 0 Å². The lowest BCUT2D eigenvalue weighted by Crippen LogP contribution is -2.43. The Kier molecular flexibility index (Phi) is 5.86. The van der Waals surface area contributed by atoms with Gasteiger partial charge < -0.3 is 9.73 Å². The van der Waals surface area contributed by atoms with Crippen LogP contribution in [0.3, 0.4) is 0 Å². The van der Waals surface area contributed by atoms with Gasteiger partial charge in [-0.2, -0.15) is 18.2 Å². The summed E-state index contributed by atoms with van der Waals surface area (Å²) in [5.41, 5.74) is 0.439. The van der Waals surface area contributed by atoms with Gasteiger partial charge in [0.05, 0.1) is 5.57 Å². The third-order valence-electron chi connectivity index (χ3n) is 4.87. The van der Waals surface area contributed by atoms with Crippen LogP contribution in [0.2, 0.25) is 5.02 Å². The topological polar surface area (TPSA) is 117 Å². The quantitative estimate of drug-likeness (QED) is 0.351. The van der Waals surface area contributed by atoms with Crippen molar-refractivity contribution in [3.63, 3.8) is 0 Å². The van der Waals surface area contributed by atoms with E-state index in [1.807, 2.05) is 0 Å². The standard InChI is InChI=1S/C21H13ClF3N7O2S/c22-11-6-2-1-5-10(11)15-14(17(33)30-20-32-26-9-35-20)16(21(23,24)25)29-18(28-15)31-19-27-12-7-3-4-8-13(12)34-19/h1-9,15H,(H,30,32,33)(H2,27,28,29,31). The third kappa shape index (κ3) is 4.68. The molecule has 1 aliphatic heterocycles. The lowest BCUT2D eigenvalue weighted by atomic mass is 9.95. The maximum atomic E-state index is 14.2. The molecule has 1 atom stereocenters. The number of nitrogens with zero attached hydrogens (tertiary/aromatic N) is 4. The van der Waals surface area contributed by atoms with Gasteiger partial charge in [-0.25, -0.2) is 4.99 Å². The van der Waals surface area contributed by atoms with E-state index in [9.17, 15) is 18.0 Å². The van der Waals surface area contributed by atoms with Crippen LogP contribution in [-0.4, -0.2) is 33.2 Å². The van der Waals surface area contributed by atoms with Crippen molar-refractivity contribution in [2.45, 2.75) is 12.2 Å². The molecule has 9 nitrogen and oxygen atoms in total. The number of alkyl halides is 3. The average Bonchev–Trinajstić information content (AvgIpc) is 3.47. The Morgan fingerprint density at radius 2 is 1.91 bits per heavy atom. The fourth-order valence-corrected chi connectivity index (χ4v) is 4.09. The SMILES string of the molecule is O=C(Nc1nncs1)C1=C(C(F)(F)F)NC(Nc2nc3ccccc3o2)=NC1c1ccccc1Cl. The minimum absolute atomic E-state index is 0.0290. The number of para-hydroxylation sites is 2. The van der Waals surface area contributed by atoms with Gasteiger partial charge in [-0.15, -0.1) is 10.2 Å². The number of allylic oxidation sites excluding steroid dienone is 1. The summed E-state index contributed by atoms with van der Waals surface area (Å²) in [4.78, 5) is 21.6. The zero-order valence-corrected chi connectivity index (χ0v) is 18.9. The number of hydrogen-bond acceptors (Lipinski definition) is 9. The van der Waals surface area contributed by atoms with E-state index >= 15 is 0 Å². The van der Waals surface area contributed by atoms with Crippen molar-refractivity contribution in [2.75, 3.05) is 10.6 Å². The number of benzene rings is 2. The van der Waals surface area contributed by atoms with E-state index in [0.717, 1.165) is 11.3 Å². The highest BCUT2D eigenvalue weighted by molar-refractivity contribution is 7.13. The van der Waals surface area contributed by atoms with Crippen LogP contribution in [0.1, 0.15) is 11.6 Å². The molecule has 3 heterocycles. The first-order valence-electron chi connectivity index (χ1n) is 9.90. The number of carbonyl (C=O) groups excluding carboxylic acids is 1. The molecule has 35 heavy (non-hydrogen) atoms. The molecule has 0 spiro atoms. The van der Waals surface area contributed by atoms with Gasteiger partial charge in [0, 0.05) is 10.6 Å². The molecule has 14 heteroatoms. The number of carbonyl (C=O) groups is 1. The summed E-state index contributed by atoms with van der Waals surface area (Å²) in [5.74, 6) is -1.39. The van der Waals surface area contributed by atoms with Gasteiger partial charge in [-0.3, -0.25) is 15.4 Å². The first kappa shape index (κ1) is 22.8. The molecule has 5 rings (SSSR count). The Bertz CT molecular complexity index is 1430. The second-order valence-electron chi connectivity index (χ2n) is 7.12. The predicted molar refractivity (Wildman–Crippen MR) is 124 cm³/mol. The molecule has 0 fully saturated rings. The van der Waals surface area contributed by atoms with Gasteiger partial charge >= 0.3 is 12.2 Å². The summed E-state index contributed by atoms with van der Waals surface area (Å²) in [7, 11) is 0. The van der Waals surface area contributed by atoms with Crippen molar-refractivity contribution in [3.05, 3.63) is 75.9 Å². The Morgan fingerprint density at radius 1 is 1.14 bits per heavy atom. The molecule has 3 N–H and O–H groups in total. The molecule has 0 radical (unpaired) electrons. The number of fused-ring (bicyclic) bond motifs is 1. The smallest absolute Gasteiger partial charge is 0.423 e. The number of amides is 1. The first-order chi connectivity index (χ1) is 16.8. The van der Waals surface area contributed by atoms with Gasteiger partial charge in [-0.05, 0) is 18.2 Å². The van der Waals surface area contributed by atoms with Gasteiger partial charge in [0.2, 0.25) is 11.1 Å². The predicted octanol–water partition coefficient (Wildman–Crippen LogP) is 4.90. The second kappa shape index (κ2) is 9.00. The second-order valence-corrected chi connectivity index (χ2v) is 8.36. The molecule has 0 saturated heterocycles. The van der Waals surface area contributed by atoms with Gasteiger partial charge in [0.15, 0.2) is 5.58 Å². The molecule has 1 aliphatic rings. The maximum Gasteiger partial charge on any atom is 0.431 e. The Hall–Kier alpha value is -3.97. The summed E-state index contributed by atoms with van der Waals surface area (Å²) in [6, 6.07) is 11.5. The minimum atomic E-state index is -4.95. The summed E-state index contributed by atoms with van der Waals surface area (Å²) in [6.45, 7) is 0. The fourth-order valence-electron chi connectivity index (χ4n) is 3.41. The van der Waals surface area contributed by atoms with Crippen LogP contribution in [0, 0.1) is 0 Å². The summed E-state index contributed by atoms with van der Waals surface area (Å²) in [5, 5.41) is 14.5. The van der Waals surface area contributed by atoms with E-state index in [1.54, 1.807) is 36.4 Å². The van der Waals surface area contributed by atoms with E-state index < -0.39 is 29.4 Å². The molecule has 4 aromatic rings. The normalized spacial score (nSPS) is 16.1. The van der Waals surface area contributed by atoms with Crippen LogP contribution in [0.15, 0.2) is 74.7 Å². The van der Waals surface area contributed by atoms with Crippen LogP contribution in [0.4, 0.5) is 24.3 Å². The molecule has 1 amide bonds. The van der Waals surface area contributed by atoms with Crippen LogP contribution >= 0.6 is 22.9 Å². The maximum absolute atomic E-state index is 14.2. The molecule has 178 valence electrons. The number of anilines is 2. The third-order valence-corrected chi connectivity index (χ3v) is 5.82. The molecule has 0 saturated carbocycles. The van der Waals surface area contributed by atoms with Gasteiger partial charge in [-0.1, -0.05) is 53.3 Å². The summed E-state index contributed by atoms with van der Waals surface area (Å²) in [6.07, 6.45) is -4.95. The average molecular weight is 520 g/mol. The van der Waals surface area contributed by atoms with Crippen molar-refractivity contribution in [1.82, 2.24) is 20.5 Å². The van der Waals surface area contributed by atoms with Crippen molar-refractivity contribution in [3.8, 4) is 0 Å².